The Morgan fingerprint density at radius 3 is 2.33 bits per heavy atom. The highest BCUT2D eigenvalue weighted by Gasteiger charge is 2.28. The zero-order valence-corrected chi connectivity index (χ0v) is 10.5. The van der Waals surface area contributed by atoms with Crippen molar-refractivity contribution >= 4 is 5.91 Å². The Kier molecular flexibility index (Phi) is 5.83. The molecule has 0 aliphatic heterocycles. The van der Waals surface area contributed by atoms with Gasteiger partial charge in [0.05, 0.1) is 18.1 Å². The molecule has 1 amide bonds. The van der Waals surface area contributed by atoms with Gasteiger partial charge in [0.1, 0.15) is 0 Å². The Bertz CT molecular complexity index is 203. The van der Waals surface area contributed by atoms with E-state index in [0.717, 1.165) is 0 Å². The number of amides is 1. The van der Waals surface area contributed by atoms with Crippen LogP contribution in [0, 0.1) is 11.3 Å². The molecule has 1 unspecified atom stereocenters. The molecule has 0 saturated heterocycles. The summed E-state index contributed by atoms with van der Waals surface area (Å²) in [6.45, 7) is 8.67. The molecule has 0 aliphatic carbocycles. The zero-order chi connectivity index (χ0) is 12.1. The maximum atomic E-state index is 11.8. The van der Waals surface area contributed by atoms with E-state index in [2.05, 4.69) is 19.2 Å². The lowest BCUT2D eigenvalue weighted by Crippen LogP contribution is -2.49. The molecule has 0 rings (SSSR count). The number of hydrogen-bond acceptors (Lipinski definition) is 3. The summed E-state index contributed by atoms with van der Waals surface area (Å²) < 4.78 is 5.07. The van der Waals surface area contributed by atoms with Crippen molar-refractivity contribution in [3.05, 3.63) is 0 Å². The Morgan fingerprint density at radius 1 is 1.47 bits per heavy atom. The second-order valence-electron chi connectivity index (χ2n) is 4.87. The minimum atomic E-state index is -0.513. The van der Waals surface area contributed by atoms with Crippen molar-refractivity contribution in [3.8, 4) is 0 Å². The Morgan fingerprint density at radius 2 is 2.00 bits per heavy atom. The SMILES string of the molecule is COCC(NC(=O)C(C)(C)CN)C(C)C. The van der Waals surface area contributed by atoms with Gasteiger partial charge in [-0.05, 0) is 19.8 Å². The molecule has 0 radical (unpaired) electrons. The first-order valence-corrected chi connectivity index (χ1v) is 5.35. The van der Waals surface area contributed by atoms with Crippen LogP contribution in [0.4, 0.5) is 0 Å². The molecular formula is C11H24N2O2. The molecule has 3 N–H and O–H groups in total. The summed E-state index contributed by atoms with van der Waals surface area (Å²) in [7, 11) is 1.63. The molecule has 0 saturated carbocycles. The number of carbonyl (C=O) groups is 1. The van der Waals surface area contributed by atoms with Crippen LogP contribution in [0.15, 0.2) is 0 Å². The molecule has 15 heavy (non-hydrogen) atoms. The molecule has 0 spiro atoms. The van der Waals surface area contributed by atoms with E-state index in [0.29, 0.717) is 19.1 Å². The van der Waals surface area contributed by atoms with Crippen molar-refractivity contribution in [2.45, 2.75) is 33.7 Å². The molecule has 0 bridgehead atoms. The lowest BCUT2D eigenvalue weighted by molar-refractivity contribution is -0.130. The van der Waals surface area contributed by atoms with Crippen LogP contribution in [-0.2, 0) is 9.53 Å². The lowest BCUT2D eigenvalue weighted by atomic mass is 9.91. The second-order valence-corrected chi connectivity index (χ2v) is 4.87. The number of nitrogens with one attached hydrogen (secondary N) is 1. The topological polar surface area (TPSA) is 64.3 Å². The first kappa shape index (κ1) is 14.4. The van der Waals surface area contributed by atoms with E-state index in [1.54, 1.807) is 7.11 Å². The predicted octanol–water partition coefficient (Wildman–Crippen LogP) is 0.759. The van der Waals surface area contributed by atoms with Gasteiger partial charge in [-0.25, -0.2) is 0 Å². The fourth-order valence-corrected chi connectivity index (χ4v) is 1.04. The smallest absolute Gasteiger partial charge is 0.227 e. The molecule has 1 atom stereocenters. The molecule has 0 aliphatic rings. The molecular weight excluding hydrogens is 192 g/mol. The van der Waals surface area contributed by atoms with Crippen molar-refractivity contribution < 1.29 is 9.53 Å². The van der Waals surface area contributed by atoms with E-state index in [1.165, 1.54) is 0 Å². The molecule has 4 nitrogen and oxygen atoms in total. The highest BCUT2D eigenvalue weighted by atomic mass is 16.5. The fourth-order valence-electron chi connectivity index (χ4n) is 1.04. The minimum absolute atomic E-state index is 0.0132. The van der Waals surface area contributed by atoms with Crippen LogP contribution in [0.3, 0.4) is 0 Å². The van der Waals surface area contributed by atoms with E-state index < -0.39 is 5.41 Å². The van der Waals surface area contributed by atoms with E-state index in [4.69, 9.17) is 10.5 Å². The fraction of sp³-hybridized carbons (Fsp3) is 0.909. The lowest BCUT2D eigenvalue weighted by Gasteiger charge is -2.27. The van der Waals surface area contributed by atoms with Gasteiger partial charge in [0.25, 0.3) is 0 Å². The van der Waals surface area contributed by atoms with Crippen molar-refractivity contribution in [1.82, 2.24) is 5.32 Å². The quantitative estimate of drug-likeness (QED) is 0.689. The molecule has 0 aromatic carbocycles. The summed E-state index contributed by atoms with van der Waals surface area (Å²) in [4.78, 5) is 11.8. The van der Waals surface area contributed by atoms with Crippen LogP contribution < -0.4 is 11.1 Å². The van der Waals surface area contributed by atoms with Crippen LogP contribution in [0.2, 0.25) is 0 Å². The summed E-state index contributed by atoms with van der Waals surface area (Å²) in [5.74, 6) is 0.336. The Labute approximate surface area is 92.6 Å². The van der Waals surface area contributed by atoms with Gasteiger partial charge in [0.2, 0.25) is 5.91 Å². The Balaban J connectivity index is 4.35. The van der Waals surface area contributed by atoms with Gasteiger partial charge < -0.3 is 15.8 Å². The highest BCUT2D eigenvalue weighted by Crippen LogP contribution is 2.14. The van der Waals surface area contributed by atoms with Crippen molar-refractivity contribution in [2.75, 3.05) is 20.3 Å². The maximum Gasteiger partial charge on any atom is 0.227 e. The molecule has 4 heteroatoms. The normalized spacial score (nSPS) is 14.1. The van der Waals surface area contributed by atoms with E-state index >= 15 is 0 Å². The van der Waals surface area contributed by atoms with Crippen molar-refractivity contribution in [1.29, 1.82) is 0 Å². The highest BCUT2D eigenvalue weighted by molar-refractivity contribution is 5.82. The first-order chi connectivity index (χ1) is 6.85. The monoisotopic (exact) mass is 216 g/mol. The van der Waals surface area contributed by atoms with Crippen molar-refractivity contribution in [3.63, 3.8) is 0 Å². The number of rotatable bonds is 6. The molecule has 0 fully saturated rings. The molecule has 0 aromatic heterocycles. The van der Waals surface area contributed by atoms with Crippen LogP contribution in [0.1, 0.15) is 27.7 Å². The van der Waals surface area contributed by atoms with Gasteiger partial charge in [-0.2, -0.15) is 0 Å². The van der Waals surface area contributed by atoms with Crippen LogP contribution in [-0.4, -0.2) is 32.2 Å². The van der Waals surface area contributed by atoms with E-state index in [1.807, 2.05) is 13.8 Å². The van der Waals surface area contributed by atoms with Gasteiger partial charge in [0, 0.05) is 13.7 Å². The Hall–Kier alpha value is -0.610. The summed E-state index contributed by atoms with van der Waals surface area (Å²) >= 11 is 0. The number of carbonyl (C=O) groups excluding carboxylic acids is 1. The van der Waals surface area contributed by atoms with Gasteiger partial charge in [-0.15, -0.1) is 0 Å². The van der Waals surface area contributed by atoms with Gasteiger partial charge in [-0.1, -0.05) is 13.8 Å². The van der Waals surface area contributed by atoms with E-state index in [9.17, 15) is 4.79 Å². The molecule has 90 valence electrons. The minimum Gasteiger partial charge on any atom is -0.383 e. The van der Waals surface area contributed by atoms with Gasteiger partial charge in [-0.3, -0.25) is 4.79 Å². The maximum absolute atomic E-state index is 11.8. The third kappa shape index (κ3) is 4.62. The third-order valence-corrected chi connectivity index (χ3v) is 2.59. The number of nitrogens with two attached hydrogens (primary N) is 1. The van der Waals surface area contributed by atoms with Gasteiger partial charge in [0.15, 0.2) is 0 Å². The molecule has 0 heterocycles. The molecule has 0 aromatic rings. The third-order valence-electron chi connectivity index (χ3n) is 2.59. The summed E-state index contributed by atoms with van der Waals surface area (Å²) in [6.07, 6.45) is 0. The summed E-state index contributed by atoms with van der Waals surface area (Å²) in [5, 5.41) is 2.96. The number of ether oxygens (including phenoxy) is 1. The predicted molar refractivity (Wildman–Crippen MR) is 61.5 cm³/mol. The number of methoxy groups -OCH3 is 1. The average molecular weight is 216 g/mol. The average Bonchev–Trinajstić information content (AvgIpc) is 2.16. The number of hydrogen-bond donors (Lipinski definition) is 2. The van der Waals surface area contributed by atoms with Crippen LogP contribution in [0.25, 0.3) is 0 Å². The summed E-state index contributed by atoms with van der Waals surface area (Å²) in [5.41, 5.74) is 5.03. The van der Waals surface area contributed by atoms with Crippen LogP contribution >= 0.6 is 0 Å². The zero-order valence-electron chi connectivity index (χ0n) is 10.5. The van der Waals surface area contributed by atoms with Crippen LogP contribution in [0.5, 0.6) is 0 Å². The standard InChI is InChI=1S/C11H24N2O2/c1-8(2)9(6-15-5)13-10(14)11(3,4)7-12/h8-9H,6-7,12H2,1-5H3,(H,13,14). The van der Waals surface area contributed by atoms with E-state index in [-0.39, 0.29) is 11.9 Å². The van der Waals surface area contributed by atoms with Crippen molar-refractivity contribution in [2.24, 2.45) is 17.1 Å². The largest absolute Gasteiger partial charge is 0.383 e. The van der Waals surface area contributed by atoms with Gasteiger partial charge >= 0.3 is 0 Å². The summed E-state index contributed by atoms with van der Waals surface area (Å²) in [6, 6.07) is 0.0494. The second kappa shape index (κ2) is 6.08. The first-order valence-electron chi connectivity index (χ1n) is 5.35.